The van der Waals surface area contributed by atoms with E-state index < -0.39 is 0 Å². The lowest BCUT2D eigenvalue weighted by atomic mass is 10.1. The van der Waals surface area contributed by atoms with Gasteiger partial charge < -0.3 is 20.7 Å². The molecule has 2 aromatic carbocycles. The SMILES string of the molecule is COCCCNC(=O)c1ccccc1NC(=S)Nc1ccc(C)cc1. The Morgan fingerprint density at radius 3 is 2.52 bits per heavy atom. The largest absolute Gasteiger partial charge is 0.385 e. The van der Waals surface area contributed by atoms with Crippen molar-refractivity contribution in [3.05, 3.63) is 59.7 Å². The third-order valence-electron chi connectivity index (χ3n) is 3.54. The summed E-state index contributed by atoms with van der Waals surface area (Å²) in [5.74, 6) is -0.141. The van der Waals surface area contributed by atoms with Crippen molar-refractivity contribution in [3.8, 4) is 0 Å². The van der Waals surface area contributed by atoms with Crippen molar-refractivity contribution >= 4 is 34.6 Å². The number of hydrogen-bond acceptors (Lipinski definition) is 3. The Morgan fingerprint density at radius 2 is 1.80 bits per heavy atom. The molecule has 0 spiro atoms. The van der Waals surface area contributed by atoms with Crippen LogP contribution in [0, 0.1) is 6.92 Å². The van der Waals surface area contributed by atoms with Crippen molar-refractivity contribution in [2.75, 3.05) is 30.9 Å². The number of ether oxygens (including phenoxy) is 1. The lowest BCUT2D eigenvalue weighted by molar-refractivity contribution is 0.0949. The van der Waals surface area contributed by atoms with Gasteiger partial charge >= 0.3 is 0 Å². The van der Waals surface area contributed by atoms with Gasteiger partial charge in [0.1, 0.15) is 0 Å². The molecule has 0 aliphatic carbocycles. The van der Waals surface area contributed by atoms with E-state index >= 15 is 0 Å². The van der Waals surface area contributed by atoms with E-state index in [-0.39, 0.29) is 5.91 Å². The Hall–Kier alpha value is -2.44. The quantitative estimate of drug-likeness (QED) is 0.522. The molecule has 0 aromatic heterocycles. The van der Waals surface area contributed by atoms with Crippen LogP contribution in [0.3, 0.4) is 0 Å². The second-order valence-corrected chi connectivity index (χ2v) is 6.00. The number of para-hydroxylation sites is 1. The van der Waals surface area contributed by atoms with Crippen molar-refractivity contribution in [2.24, 2.45) is 0 Å². The number of rotatable bonds is 7. The molecule has 0 radical (unpaired) electrons. The van der Waals surface area contributed by atoms with Gasteiger partial charge in [-0.3, -0.25) is 4.79 Å². The van der Waals surface area contributed by atoms with Crippen LogP contribution in [-0.2, 0) is 4.74 Å². The molecule has 0 fully saturated rings. The van der Waals surface area contributed by atoms with Gasteiger partial charge in [0, 0.05) is 25.9 Å². The minimum atomic E-state index is -0.141. The average molecular weight is 357 g/mol. The molecule has 132 valence electrons. The number of carbonyl (C=O) groups excluding carboxylic acids is 1. The zero-order valence-corrected chi connectivity index (χ0v) is 15.3. The van der Waals surface area contributed by atoms with Crippen molar-refractivity contribution in [2.45, 2.75) is 13.3 Å². The van der Waals surface area contributed by atoms with Crippen LogP contribution in [-0.4, -0.2) is 31.3 Å². The van der Waals surface area contributed by atoms with Crippen LogP contribution < -0.4 is 16.0 Å². The fourth-order valence-corrected chi connectivity index (χ4v) is 2.45. The smallest absolute Gasteiger partial charge is 0.253 e. The molecule has 0 aliphatic rings. The number of benzene rings is 2. The first kappa shape index (κ1) is 18.9. The highest BCUT2D eigenvalue weighted by atomic mass is 32.1. The topological polar surface area (TPSA) is 62.4 Å². The summed E-state index contributed by atoms with van der Waals surface area (Å²) < 4.78 is 4.98. The summed E-state index contributed by atoms with van der Waals surface area (Å²) in [7, 11) is 1.64. The van der Waals surface area contributed by atoms with Crippen molar-refractivity contribution in [1.82, 2.24) is 5.32 Å². The molecule has 2 aromatic rings. The van der Waals surface area contributed by atoms with E-state index in [2.05, 4.69) is 16.0 Å². The number of anilines is 2. The summed E-state index contributed by atoms with van der Waals surface area (Å²) in [6.45, 7) is 3.21. The molecule has 25 heavy (non-hydrogen) atoms. The van der Waals surface area contributed by atoms with Crippen LogP contribution >= 0.6 is 12.2 Å². The van der Waals surface area contributed by atoms with Crippen LogP contribution in [0.2, 0.25) is 0 Å². The maximum absolute atomic E-state index is 12.4. The highest BCUT2D eigenvalue weighted by molar-refractivity contribution is 7.80. The number of amides is 1. The fourth-order valence-electron chi connectivity index (χ4n) is 2.23. The molecule has 0 unspecified atom stereocenters. The van der Waals surface area contributed by atoms with Crippen LogP contribution in [0.4, 0.5) is 11.4 Å². The van der Waals surface area contributed by atoms with Gasteiger partial charge in [-0.05, 0) is 49.8 Å². The highest BCUT2D eigenvalue weighted by Gasteiger charge is 2.11. The van der Waals surface area contributed by atoms with Crippen LogP contribution in [0.25, 0.3) is 0 Å². The second kappa shape index (κ2) is 9.76. The van der Waals surface area contributed by atoms with E-state index in [1.165, 1.54) is 5.56 Å². The first-order valence-electron chi connectivity index (χ1n) is 8.11. The molecule has 0 aliphatic heterocycles. The number of carbonyl (C=O) groups is 1. The molecule has 1 amide bonds. The summed E-state index contributed by atoms with van der Waals surface area (Å²) in [5.41, 5.74) is 3.29. The predicted molar refractivity (Wildman–Crippen MR) is 106 cm³/mol. The first-order chi connectivity index (χ1) is 12.1. The monoisotopic (exact) mass is 357 g/mol. The number of hydrogen-bond donors (Lipinski definition) is 3. The molecule has 5 nitrogen and oxygen atoms in total. The predicted octanol–water partition coefficient (Wildman–Crippen LogP) is 3.57. The van der Waals surface area contributed by atoms with Gasteiger partial charge in [0.05, 0.1) is 11.3 Å². The molecule has 6 heteroatoms. The molecule has 0 heterocycles. The second-order valence-electron chi connectivity index (χ2n) is 5.59. The zero-order chi connectivity index (χ0) is 18.1. The Bertz CT molecular complexity index is 717. The summed E-state index contributed by atoms with van der Waals surface area (Å²) in [6, 6.07) is 15.2. The standard InChI is InChI=1S/C19H23N3O2S/c1-14-8-10-15(11-9-14)21-19(25)22-17-7-4-3-6-16(17)18(23)20-12-5-13-24-2/h3-4,6-11H,5,12-13H2,1-2H3,(H,20,23)(H2,21,22,25). The Labute approximate surface area is 153 Å². The van der Waals surface area contributed by atoms with E-state index in [0.717, 1.165) is 12.1 Å². The minimum Gasteiger partial charge on any atom is -0.385 e. The zero-order valence-electron chi connectivity index (χ0n) is 14.5. The summed E-state index contributed by atoms with van der Waals surface area (Å²) in [5, 5.41) is 9.52. The molecule has 0 saturated carbocycles. The Morgan fingerprint density at radius 1 is 1.08 bits per heavy atom. The fraction of sp³-hybridized carbons (Fsp3) is 0.263. The normalized spacial score (nSPS) is 10.2. The third-order valence-corrected chi connectivity index (χ3v) is 3.74. The minimum absolute atomic E-state index is 0.141. The number of methoxy groups -OCH3 is 1. The van der Waals surface area contributed by atoms with Gasteiger partial charge in [-0.2, -0.15) is 0 Å². The van der Waals surface area contributed by atoms with Crippen molar-refractivity contribution in [3.63, 3.8) is 0 Å². The van der Waals surface area contributed by atoms with Crippen molar-refractivity contribution in [1.29, 1.82) is 0 Å². The highest BCUT2D eigenvalue weighted by Crippen LogP contribution is 2.16. The number of nitrogens with one attached hydrogen (secondary N) is 3. The third kappa shape index (κ3) is 6.17. The van der Waals surface area contributed by atoms with Gasteiger partial charge in [0.2, 0.25) is 0 Å². The van der Waals surface area contributed by atoms with E-state index in [0.29, 0.717) is 29.5 Å². The summed E-state index contributed by atoms with van der Waals surface area (Å²) >= 11 is 5.35. The number of aryl methyl sites for hydroxylation is 1. The van der Waals surface area contributed by atoms with Gasteiger partial charge in [0.15, 0.2) is 5.11 Å². The van der Waals surface area contributed by atoms with Gasteiger partial charge in [-0.1, -0.05) is 29.8 Å². The van der Waals surface area contributed by atoms with E-state index in [9.17, 15) is 4.79 Å². The summed E-state index contributed by atoms with van der Waals surface area (Å²) in [6.07, 6.45) is 0.769. The van der Waals surface area contributed by atoms with E-state index in [4.69, 9.17) is 17.0 Å². The first-order valence-corrected chi connectivity index (χ1v) is 8.52. The molecule has 3 N–H and O–H groups in total. The van der Waals surface area contributed by atoms with Crippen LogP contribution in [0.15, 0.2) is 48.5 Å². The molecular formula is C19H23N3O2S. The van der Waals surface area contributed by atoms with E-state index in [1.807, 2.05) is 49.4 Å². The number of thiocarbonyl (C=S) groups is 1. The lowest BCUT2D eigenvalue weighted by Gasteiger charge is -2.14. The molecule has 0 bridgehead atoms. The Kier molecular flexibility index (Phi) is 7.37. The molecule has 0 atom stereocenters. The Balaban J connectivity index is 1.98. The van der Waals surface area contributed by atoms with Gasteiger partial charge in [0.25, 0.3) is 5.91 Å². The van der Waals surface area contributed by atoms with E-state index in [1.54, 1.807) is 13.2 Å². The summed E-state index contributed by atoms with van der Waals surface area (Å²) in [4.78, 5) is 12.4. The maximum atomic E-state index is 12.4. The average Bonchev–Trinajstić information content (AvgIpc) is 2.61. The van der Waals surface area contributed by atoms with Gasteiger partial charge in [-0.25, -0.2) is 0 Å². The molecule has 2 rings (SSSR count). The van der Waals surface area contributed by atoms with Crippen molar-refractivity contribution < 1.29 is 9.53 Å². The maximum Gasteiger partial charge on any atom is 0.253 e. The van der Waals surface area contributed by atoms with Crippen LogP contribution in [0.5, 0.6) is 0 Å². The van der Waals surface area contributed by atoms with Crippen LogP contribution in [0.1, 0.15) is 22.3 Å². The van der Waals surface area contributed by atoms with Gasteiger partial charge in [-0.15, -0.1) is 0 Å². The molecular weight excluding hydrogens is 334 g/mol. The lowest BCUT2D eigenvalue weighted by Crippen LogP contribution is -2.27. The molecule has 0 saturated heterocycles.